The Hall–Kier alpha value is -2.60. The van der Waals surface area contributed by atoms with Crippen molar-refractivity contribution in [2.45, 2.75) is 31.5 Å². The molecule has 0 radical (unpaired) electrons. The Labute approximate surface area is 183 Å². The van der Waals surface area contributed by atoms with Crippen molar-refractivity contribution < 1.29 is 26.3 Å². The molecule has 1 aromatic heterocycles. The van der Waals surface area contributed by atoms with Crippen LogP contribution in [0.5, 0.6) is 5.75 Å². The summed E-state index contributed by atoms with van der Waals surface area (Å²) in [6.45, 7) is 1.01. The van der Waals surface area contributed by atoms with Gasteiger partial charge in [0.2, 0.25) is 15.8 Å². The molecule has 2 atom stereocenters. The number of nitrogens with zero attached hydrogens (tertiary/aromatic N) is 4. The van der Waals surface area contributed by atoms with E-state index in [1.807, 2.05) is 0 Å². The molecule has 4 rings (SSSR count). The minimum absolute atomic E-state index is 0.100. The number of ether oxygens (including phenoxy) is 1. The summed E-state index contributed by atoms with van der Waals surface area (Å²) >= 11 is 0. The molecule has 8 nitrogen and oxygen atoms in total. The lowest BCUT2D eigenvalue weighted by molar-refractivity contribution is 0.193. The van der Waals surface area contributed by atoms with Gasteiger partial charge >= 0.3 is 5.56 Å². The number of piperazine rings is 1. The molecule has 0 N–H and O–H groups in total. The average molecular weight is 472 g/mol. The van der Waals surface area contributed by atoms with Crippen LogP contribution in [0, 0.1) is 11.6 Å². The number of alkyl halides is 1. The van der Waals surface area contributed by atoms with Crippen LogP contribution in [0.4, 0.5) is 18.9 Å². The molecular weight excluding hydrogens is 449 g/mol. The van der Waals surface area contributed by atoms with Crippen molar-refractivity contribution in [1.29, 1.82) is 0 Å². The fourth-order valence-electron chi connectivity index (χ4n) is 4.03. The number of sulfonamides is 1. The predicted octanol–water partition coefficient (Wildman–Crippen LogP) is 1.86. The molecule has 2 aliphatic rings. The Morgan fingerprint density at radius 3 is 2.28 bits per heavy atom. The van der Waals surface area contributed by atoms with Crippen molar-refractivity contribution in [3.63, 3.8) is 0 Å². The minimum atomic E-state index is -3.34. The fourth-order valence-corrected chi connectivity index (χ4v) is 4.86. The molecule has 1 aliphatic heterocycles. The van der Waals surface area contributed by atoms with Crippen LogP contribution in [0.1, 0.15) is 19.3 Å². The van der Waals surface area contributed by atoms with Gasteiger partial charge in [-0.05, 0) is 25.0 Å². The first kappa shape index (κ1) is 22.6. The summed E-state index contributed by atoms with van der Waals surface area (Å²) in [7, 11) is -3.34. The van der Waals surface area contributed by atoms with E-state index in [4.69, 9.17) is 4.74 Å². The van der Waals surface area contributed by atoms with Gasteiger partial charge in [0.05, 0.1) is 18.1 Å². The maximum atomic E-state index is 13.7. The standard InChI is InChI=1S/C20H23F3N4O4S/c1-32(29,30)26-6-4-25(5-7-26)18-12-24-27(16-9-14(22)8-15(23)10-16)20(28)19(18)31-17-3-2-13(21)11-17/h8-10,12-13,17H,2-7,11H2,1H3/t13-,17-/m0/s1. The van der Waals surface area contributed by atoms with E-state index < -0.39 is 39.5 Å². The molecule has 1 aromatic carbocycles. The number of hydrogen-bond acceptors (Lipinski definition) is 6. The Morgan fingerprint density at radius 1 is 1.06 bits per heavy atom. The summed E-state index contributed by atoms with van der Waals surface area (Å²) in [6.07, 6.45) is 1.82. The highest BCUT2D eigenvalue weighted by Gasteiger charge is 2.31. The minimum Gasteiger partial charge on any atom is -0.483 e. The van der Waals surface area contributed by atoms with Crippen LogP contribution in [0.3, 0.4) is 0 Å². The van der Waals surface area contributed by atoms with Crippen LogP contribution in [-0.4, -0.2) is 67.2 Å². The number of anilines is 1. The zero-order valence-corrected chi connectivity index (χ0v) is 18.2. The van der Waals surface area contributed by atoms with Crippen LogP contribution in [-0.2, 0) is 10.0 Å². The lowest BCUT2D eigenvalue weighted by Gasteiger charge is -2.35. The lowest BCUT2D eigenvalue weighted by atomic mass is 10.2. The van der Waals surface area contributed by atoms with Crippen LogP contribution in [0.2, 0.25) is 0 Å². The van der Waals surface area contributed by atoms with Gasteiger partial charge in [-0.15, -0.1) is 0 Å². The monoisotopic (exact) mass is 472 g/mol. The van der Waals surface area contributed by atoms with Crippen LogP contribution in [0.15, 0.2) is 29.2 Å². The number of benzene rings is 1. The highest BCUT2D eigenvalue weighted by Crippen LogP contribution is 2.31. The second kappa shape index (κ2) is 8.74. The SMILES string of the molecule is CS(=O)(=O)N1CCN(c2cnn(-c3cc(F)cc(F)c3)c(=O)c2O[C@H]2CC[C@H](F)C2)CC1. The summed E-state index contributed by atoms with van der Waals surface area (Å²) < 4.78 is 72.7. The van der Waals surface area contributed by atoms with Gasteiger partial charge in [0.25, 0.3) is 0 Å². The Kier molecular flexibility index (Phi) is 6.17. The summed E-state index contributed by atoms with van der Waals surface area (Å²) in [4.78, 5) is 15.0. The van der Waals surface area contributed by atoms with Crippen molar-refractivity contribution in [2.24, 2.45) is 0 Å². The Bertz CT molecular complexity index is 1150. The summed E-state index contributed by atoms with van der Waals surface area (Å²) in [5.41, 5.74) is -0.514. The van der Waals surface area contributed by atoms with E-state index in [9.17, 15) is 26.4 Å². The molecule has 0 bridgehead atoms. The maximum Gasteiger partial charge on any atom is 0.316 e. The van der Waals surface area contributed by atoms with E-state index in [2.05, 4.69) is 5.10 Å². The van der Waals surface area contributed by atoms with E-state index in [1.165, 1.54) is 10.5 Å². The summed E-state index contributed by atoms with van der Waals surface area (Å²) in [5, 5.41) is 4.07. The van der Waals surface area contributed by atoms with E-state index in [0.29, 0.717) is 37.7 Å². The first-order valence-corrected chi connectivity index (χ1v) is 12.1. The smallest absolute Gasteiger partial charge is 0.316 e. The van der Waals surface area contributed by atoms with Gasteiger partial charge in [0, 0.05) is 38.7 Å². The molecule has 1 saturated carbocycles. The van der Waals surface area contributed by atoms with Gasteiger partial charge in [-0.3, -0.25) is 4.79 Å². The maximum absolute atomic E-state index is 13.7. The average Bonchev–Trinajstić information content (AvgIpc) is 3.13. The highest BCUT2D eigenvalue weighted by molar-refractivity contribution is 7.88. The van der Waals surface area contributed by atoms with Crippen molar-refractivity contribution in [3.05, 3.63) is 46.4 Å². The number of halogens is 3. The predicted molar refractivity (Wildman–Crippen MR) is 112 cm³/mol. The van der Waals surface area contributed by atoms with E-state index in [-0.39, 0.29) is 30.9 Å². The van der Waals surface area contributed by atoms with Gasteiger partial charge in [0.1, 0.15) is 29.6 Å². The largest absolute Gasteiger partial charge is 0.483 e. The van der Waals surface area contributed by atoms with Gasteiger partial charge in [-0.2, -0.15) is 14.1 Å². The van der Waals surface area contributed by atoms with E-state index >= 15 is 0 Å². The number of rotatable bonds is 5. The normalized spacial score (nSPS) is 22.3. The van der Waals surface area contributed by atoms with Crippen molar-refractivity contribution >= 4 is 15.7 Å². The number of aromatic nitrogens is 2. The topological polar surface area (TPSA) is 84.7 Å². The lowest BCUT2D eigenvalue weighted by Crippen LogP contribution is -2.49. The summed E-state index contributed by atoms with van der Waals surface area (Å²) in [5.74, 6) is -1.84. The third-order valence-electron chi connectivity index (χ3n) is 5.66. The molecule has 1 saturated heterocycles. The molecule has 174 valence electrons. The molecule has 0 amide bonds. The van der Waals surface area contributed by atoms with Crippen LogP contribution >= 0.6 is 0 Å². The molecule has 2 heterocycles. The Balaban J connectivity index is 1.71. The van der Waals surface area contributed by atoms with E-state index in [0.717, 1.165) is 23.1 Å². The van der Waals surface area contributed by atoms with Crippen molar-refractivity contribution in [3.8, 4) is 11.4 Å². The number of hydrogen-bond donors (Lipinski definition) is 0. The van der Waals surface area contributed by atoms with Crippen molar-refractivity contribution in [2.75, 3.05) is 37.3 Å². The fraction of sp³-hybridized carbons (Fsp3) is 0.500. The molecular formula is C20H23F3N4O4S. The van der Waals surface area contributed by atoms with Gasteiger partial charge in [0.15, 0.2) is 0 Å². The van der Waals surface area contributed by atoms with Crippen molar-refractivity contribution in [1.82, 2.24) is 14.1 Å². The second-order valence-electron chi connectivity index (χ2n) is 8.00. The van der Waals surface area contributed by atoms with Crippen LogP contribution < -0.4 is 15.2 Å². The molecule has 0 spiro atoms. The summed E-state index contributed by atoms with van der Waals surface area (Å²) in [6, 6.07) is 2.62. The zero-order chi connectivity index (χ0) is 23.0. The quantitative estimate of drug-likeness (QED) is 0.661. The second-order valence-corrected chi connectivity index (χ2v) is 9.99. The third kappa shape index (κ3) is 4.75. The molecule has 0 unspecified atom stereocenters. The Morgan fingerprint density at radius 2 is 1.72 bits per heavy atom. The first-order chi connectivity index (χ1) is 15.1. The van der Waals surface area contributed by atoms with Gasteiger partial charge in [-0.25, -0.2) is 21.6 Å². The zero-order valence-electron chi connectivity index (χ0n) is 17.4. The highest BCUT2D eigenvalue weighted by atomic mass is 32.2. The molecule has 2 fully saturated rings. The van der Waals surface area contributed by atoms with Gasteiger partial charge < -0.3 is 9.64 Å². The van der Waals surface area contributed by atoms with E-state index in [1.54, 1.807) is 4.90 Å². The molecule has 32 heavy (non-hydrogen) atoms. The third-order valence-corrected chi connectivity index (χ3v) is 6.96. The molecule has 1 aliphatic carbocycles. The van der Waals surface area contributed by atoms with Crippen LogP contribution in [0.25, 0.3) is 5.69 Å². The molecule has 12 heteroatoms. The van der Waals surface area contributed by atoms with Gasteiger partial charge in [-0.1, -0.05) is 0 Å². The molecule has 2 aromatic rings. The first-order valence-electron chi connectivity index (χ1n) is 10.2.